The quantitative estimate of drug-likeness (QED) is 0.641. The predicted molar refractivity (Wildman–Crippen MR) is 48.6 cm³/mol. The summed E-state index contributed by atoms with van der Waals surface area (Å²) in [6.45, 7) is 0. The maximum absolute atomic E-state index is 5.72. The number of nitrogens with one attached hydrogen (secondary N) is 1. The van der Waals surface area contributed by atoms with Gasteiger partial charge in [0.1, 0.15) is 12.0 Å². The lowest BCUT2D eigenvalue weighted by Gasteiger charge is -2.29. The molecule has 66 valence electrons. The van der Waals surface area contributed by atoms with E-state index in [0.29, 0.717) is 0 Å². The Morgan fingerprint density at radius 2 is 2.25 bits per heavy atom. The van der Waals surface area contributed by atoms with Gasteiger partial charge < -0.3 is 4.74 Å². The molecule has 1 unspecified atom stereocenters. The van der Waals surface area contributed by atoms with E-state index in [0.717, 1.165) is 25.0 Å². The van der Waals surface area contributed by atoms with Gasteiger partial charge >= 0.3 is 0 Å². The van der Waals surface area contributed by atoms with Gasteiger partial charge in [-0.25, -0.2) is 0 Å². The summed E-state index contributed by atoms with van der Waals surface area (Å²) in [5.41, 5.74) is 1.41. The van der Waals surface area contributed by atoms with Gasteiger partial charge in [0.2, 0.25) is 0 Å². The molecule has 1 N–H and O–H groups in total. The minimum absolute atomic E-state index is 0.228. The van der Waals surface area contributed by atoms with Crippen molar-refractivity contribution in [2.45, 2.75) is 31.9 Å². The van der Waals surface area contributed by atoms with Gasteiger partial charge in [0.25, 0.3) is 0 Å². The van der Waals surface area contributed by atoms with Gasteiger partial charge in [0, 0.05) is 6.42 Å². The number of hydrogen-bond donors (Lipinski definition) is 1. The Kier molecular flexibility index (Phi) is 2.17. The first-order valence-corrected chi connectivity index (χ1v) is 4.63. The van der Waals surface area contributed by atoms with Crippen molar-refractivity contribution in [1.29, 1.82) is 0 Å². The maximum atomic E-state index is 5.72. The molecule has 0 spiro atoms. The molecule has 2 rings (SSSR count). The van der Waals surface area contributed by atoms with Crippen molar-refractivity contribution in [3.63, 3.8) is 0 Å². The summed E-state index contributed by atoms with van der Waals surface area (Å²) in [5, 5.41) is 3.15. The van der Waals surface area contributed by atoms with Crippen LogP contribution in [0.2, 0.25) is 0 Å². The third kappa shape index (κ3) is 1.39. The first-order valence-electron chi connectivity index (χ1n) is 4.63. The monoisotopic (exact) mass is 165 g/mol. The minimum Gasteiger partial charge on any atom is -0.475 e. The van der Waals surface area contributed by atoms with E-state index >= 15 is 0 Å². The highest BCUT2D eigenvalue weighted by molar-refractivity contribution is 5.30. The van der Waals surface area contributed by atoms with Crippen LogP contribution in [0.4, 0.5) is 0 Å². The fourth-order valence-corrected chi connectivity index (χ4v) is 1.75. The van der Waals surface area contributed by atoms with Crippen LogP contribution in [0.5, 0.6) is 0 Å². The molecule has 0 aromatic heterocycles. The molecular formula is C10H15NO. The SMILES string of the molecule is CNC1CCC2=CCCC=C2O1. The van der Waals surface area contributed by atoms with E-state index in [-0.39, 0.29) is 6.23 Å². The lowest BCUT2D eigenvalue weighted by atomic mass is 9.98. The van der Waals surface area contributed by atoms with E-state index in [2.05, 4.69) is 17.5 Å². The van der Waals surface area contributed by atoms with Crippen molar-refractivity contribution in [2.75, 3.05) is 7.05 Å². The van der Waals surface area contributed by atoms with Gasteiger partial charge in [0.15, 0.2) is 0 Å². The fourth-order valence-electron chi connectivity index (χ4n) is 1.75. The minimum atomic E-state index is 0.228. The Hall–Kier alpha value is -0.760. The number of ether oxygens (including phenoxy) is 1. The first-order chi connectivity index (χ1) is 5.90. The van der Waals surface area contributed by atoms with Crippen LogP contribution < -0.4 is 5.32 Å². The van der Waals surface area contributed by atoms with Crippen LogP contribution in [0.3, 0.4) is 0 Å². The van der Waals surface area contributed by atoms with Crippen LogP contribution in [0.25, 0.3) is 0 Å². The van der Waals surface area contributed by atoms with E-state index in [1.165, 1.54) is 12.0 Å². The van der Waals surface area contributed by atoms with Crippen LogP contribution in [-0.2, 0) is 4.74 Å². The molecule has 1 saturated heterocycles. The Bertz CT molecular complexity index is 230. The average Bonchev–Trinajstić information content (AvgIpc) is 2.17. The summed E-state index contributed by atoms with van der Waals surface area (Å²) in [4.78, 5) is 0. The summed E-state index contributed by atoms with van der Waals surface area (Å²) >= 11 is 0. The predicted octanol–water partition coefficient (Wildman–Crippen LogP) is 1.95. The number of allylic oxidation sites excluding steroid dienone is 3. The lowest BCUT2D eigenvalue weighted by molar-refractivity contribution is 0.0718. The Morgan fingerprint density at radius 3 is 3.08 bits per heavy atom. The number of rotatable bonds is 1. The van der Waals surface area contributed by atoms with E-state index < -0.39 is 0 Å². The van der Waals surface area contributed by atoms with Gasteiger partial charge in [0.05, 0.1) is 0 Å². The van der Waals surface area contributed by atoms with Crippen molar-refractivity contribution in [1.82, 2.24) is 5.32 Å². The third-order valence-corrected chi connectivity index (χ3v) is 2.47. The highest BCUT2D eigenvalue weighted by Crippen LogP contribution is 2.30. The molecular weight excluding hydrogens is 150 g/mol. The molecule has 0 aromatic carbocycles. The molecule has 12 heavy (non-hydrogen) atoms. The summed E-state index contributed by atoms with van der Waals surface area (Å²) in [7, 11) is 1.95. The second kappa shape index (κ2) is 3.31. The third-order valence-electron chi connectivity index (χ3n) is 2.47. The van der Waals surface area contributed by atoms with Crippen LogP contribution in [0.15, 0.2) is 23.5 Å². The van der Waals surface area contributed by atoms with Crippen LogP contribution in [0, 0.1) is 0 Å². The molecule has 0 amide bonds. The van der Waals surface area contributed by atoms with Gasteiger partial charge in [-0.2, -0.15) is 0 Å². The second-order valence-corrected chi connectivity index (χ2v) is 3.31. The fraction of sp³-hybridized carbons (Fsp3) is 0.600. The Labute approximate surface area is 73.3 Å². The van der Waals surface area contributed by atoms with Crippen molar-refractivity contribution in [3.8, 4) is 0 Å². The van der Waals surface area contributed by atoms with Gasteiger partial charge in [-0.3, -0.25) is 5.32 Å². The van der Waals surface area contributed by atoms with E-state index in [9.17, 15) is 0 Å². The van der Waals surface area contributed by atoms with E-state index in [1.54, 1.807) is 0 Å². The smallest absolute Gasteiger partial charge is 0.150 e. The molecule has 1 heterocycles. The van der Waals surface area contributed by atoms with Crippen LogP contribution in [-0.4, -0.2) is 13.3 Å². The van der Waals surface area contributed by atoms with E-state index in [4.69, 9.17) is 4.74 Å². The summed E-state index contributed by atoms with van der Waals surface area (Å²) in [6, 6.07) is 0. The molecule has 0 saturated carbocycles. The molecule has 1 fully saturated rings. The number of hydrogen-bond acceptors (Lipinski definition) is 2. The topological polar surface area (TPSA) is 21.3 Å². The molecule has 2 heteroatoms. The Morgan fingerprint density at radius 1 is 1.42 bits per heavy atom. The highest BCUT2D eigenvalue weighted by Gasteiger charge is 2.21. The molecule has 1 atom stereocenters. The summed E-state index contributed by atoms with van der Waals surface area (Å²) < 4.78 is 5.72. The molecule has 0 bridgehead atoms. The first kappa shape index (κ1) is 7.87. The van der Waals surface area contributed by atoms with Crippen LogP contribution in [0.1, 0.15) is 25.7 Å². The molecule has 1 aliphatic heterocycles. The van der Waals surface area contributed by atoms with Gasteiger partial charge in [-0.05, 0) is 38.0 Å². The van der Waals surface area contributed by atoms with Crippen molar-refractivity contribution in [2.24, 2.45) is 0 Å². The van der Waals surface area contributed by atoms with Crippen molar-refractivity contribution >= 4 is 0 Å². The summed E-state index contributed by atoms with van der Waals surface area (Å²) in [5.74, 6) is 1.12. The molecule has 2 nitrogen and oxygen atoms in total. The zero-order chi connectivity index (χ0) is 8.39. The maximum Gasteiger partial charge on any atom is 0.150 e. The average molecular weight is 165 g/mol. The number of fused-ring (bicyclic) bond motifs is 1. The van der Waals surface area contributed by atoms with Gasteiger partial charge in [-0.1, -0.05) is 6.08 Å². The molecule has 2 aliphatic rings. The van der Waals surface area contributed by atoms with Crippen LogP contribution >= 0.6 is 0 Å². The standard InChI is InChI=1S/C10H15NO/c1-11-10-7-6-8-4-2-3-5-9(8)12-10/h4-5,10-11H,2-3,6-7H2,1H3. The second-order valence-electron chi connectivity index (χ2n) is 3.31. The van der Waals surface area contributed by atoms with Crippen molar-refractivity contribution in [3.05, 3.63) is 23.5 Å². The zero-order valence-electron chi connectivity index (χ0n) is 7.47. The highest BCUT2D eigenvalue weighted by atomic mass is 16.5. The molecule has 1 aliphatic carbocycles. The summed E-state index contributed by atoms with van der Waals surface area (Å²) in [6.07, 6.45) is 9.32. The van der Waals surface area contributed by atoms with E-state index in [1.807, 2.05) is 7.05 Å². The lowest BCUT2D eigenvalue weighted by Crippen LogP contribution is -2.31. The van der Waals surface area contributed by atoms with Gasteiger partial charge in [-0.15, -0.1) is 0 Å². The van der Waals surface area contributed by atoms with Crippen molar-refractivity contribution < 1.29 is 4.74 Å². The zero-order valence-corrected chi connectivity index (χ0v) is 7.47. The Balaban J connectivity index is 2.09. The largest absolute Gasteiger partial charge is 0.475 e. The molecule has 0 radical (unpaired) electrons. The normalized spacial score (nSPS) is 28.2. The molecule has 0 aromatic rings.